The van der Waals surface area contributed by atoms with E-state index in [2.05, 4.69) is 10.3 Å². The molecule has 6 nitrogen and oxygen atoms in total. The van der Waals surface area contributed by atoms with Crippen molar-refractivity contribution >= 4 is 28.3 Å². The number of nitrogens with zero attached hydrogens (tertiary/aromatic N) is 1. The van der Waals surface area contributed by atoms with Gasteiger partial charge in [-0.2, -0.15) is 0 Å². The largest absolute Gasteiger partial charge is 0.481 e. The zero-order chi connectivity index (χ0) is 16.8. The number of ether oxygens (including phenoxy) is 2. The zero-order valence-electron chi connectivity index (χ0n) is 12.6. The summed E-state index contributed by atoms with van der Waals surface area (Å²) in [5.74, 6) is -1.54. The summed E-state index contributed by atoms with van der Waals surface area (Å²) >= 11 is 1.01. The third-order valence-corrected chi connectivity index (χ3v) is 3.75. The fourth-order valence-electron chi connectivity index (χ4n) is 1.70. The van der Waals surface area contributed by atoms with Gasteiger partial charge in [0.15, 0.2) is 23.3 Å². The van der Waals surface area contributed by atoms with Gasteiger partial charge in [-0.1, -0.05) is 23.5 Å². The van der Waals surface area contributed by atoms with Gasteiger partial charge >= 0.3 is 5.97 Å². The monoisotopic (exact) mass is 338 g/mol. The number of thiazole rings is 1. The standard InChI is InChI=1S/C15H15FN2O4S/c1-3-21-14(20)13-9(2)17-15(23-13)18-12(19)8-22-11-7-5-4-6-10(11)16/h4-7H,3,8H2,1-2H3,(H,17,18,19). The van der Waals surface area contributed by atoms with Crippen LogP contribution in [0, 0.1) is 12.7 Å². The maximum absolute atomic E-state index is 13.4. The fraction of sp³-hybridized carbons (Fsp3) is 0.267. The van der Waals surface area contributed by atoms with E-state index in [0.717, 1.165) is 11.3 Å². The Kier molecular flexibility index (Phi) is 5.64. The van der Waals surface area contributed by atoms with Crippen LogP contribution in [-0.4, -0.2) is 30.1 Å². The predicted molar refractivity (Wildman–Crippen MR) is 83.3 cm³/mol. The molecule has 1 amide bonds. The van der Waals surface area contributed by atoms with E-state index in [0.29, 0.717) is 10.6 Å². The lowest BCUT2D eigenvalue weighted by Crippen LogP contribution is -2.20. The van der Waals surface area contributed by atoms with Crippen LogP contribution >= 0.6 is 11.3 Å². The predicted octanol–water partition coefficient (Wildman–Crippen LogP) is 2.78. The second-order valence-electron chi connectivity index (χ2n) is 4.42. The van der Waals surface area contributed by atoms with Crippen molar-refractivity contribution in [3.8, 4) is 5.75 Å². The number of para-hydroxylation sites is 1. The van der Waals surface area contributed by atoms with Gasteiger partial charge in [-0.15, -0.1) is 0 Å². The summed E-state index contributed by atoms with van der Waals surface area (Å²) in [5, 5.41) is 2.76. The molecule has 0 fully saturated rings. The summed E-state index contributed by atoms with van der Waals surface area (Å²) in [6.45, 7) is 3.24. The summed E-state index contributed by atoms with van der Waals surface area (Å²) in [5.41, 5.74) is 0.471. The molecule has 1 heterocycles. The van der Waals surface area contributed by atoms with Crippen molar-refractivity contribution in [3.05, 3.63) is 40.7 Å². The fourth-order valence-corrected chi connectivity index (χ4v) is 2.57. The van der Waals surface area contributed by atoms with Crippen LogP contribution in [0.2, 0.25) is 0 Å². The first-order valence-electron chi connectivity index (χ1n) is 6.83. The number of nitrogens with one attached hydrogen (secondary N) is 1. The minimum atomic E-state index is -0.546. The highest BCUT2D eigenvalue weighted by atomic mass is 32.1. The molecule has 0 aliphatic rings. The van der Waals surface area contributed by atoms with E-state index in [-0.39, 0.29) is 24.1 Å². The second-order valence-corrected chi connectivity index (χ2v) is 5.42. The topological polar surface area (TPSA) is 77.5 Å². The Morgan fingerprint density at radius 1 is 1.35 bits per heavy atom. The summed E-state index contributed by atoms with van der Waals surface area (Å²) in [7, 11) is 0. The van der Waals surface area contributed by atoms with Crippen molar-refractivity contribution < 1.29 is 23.5 Å². The van der Waals surface area contributed by atoms with Crippen molar-refractivity contribution in [2.75, 3.05) is 18.5 Å². The molecule has 0 atom stereocenters. The van der Waals surface area contributed by atoms with Crippen molar-refractivity contribution in [1.29, 1.82) is 0 Å². The first kappa shape index (κ1) is 16.9. The zero-order valence-corrected chi connectivity index (χ0v) is 13.4. The number of esters is 1. The van der Waals surface area contributed by atoms with Gasteiger partial charge in [0, 0.05) is 0 Å². The summed E-state index contributed by atoms with van der Waals surface area (Å²) < 4.78 is 23.4. The first-order valence-corrected chi connectivity index (χ1v) is 7.64. The van der Waals surface area contributed by atoms with E-state index in [9.17, 15) is 14.0 Å². The minimum Gasteiger partial charge on any atom is -0.481 e. The minimum absolute atomic E-state index is 0.00909. The first-order chi connectivity index (χ1) is 11.0. The number of halogens is 1. The molecule has 0 bridgehead atoms. The molecule has 2 aromatic rings. The number of benzene rings is 1. The lowest BCUT2D eigenvalue weighted by atomic mass is 10.3. The molecule has 2 rings (SSSR count). The molecule has 0 unspecified atom stereocenters. The highest BCUT2D eigenvalue weighted by Crippen LogP contribution is 2.23. The Labute approximate surface area is 136 Å². The number of hydrogen-bond acceptors (Lipinski definition) is 6. The number of rotatable bonds is 6. The molecule has 1 N–H and O–H groups in total. The lowest BCUT2D eigenvalue weighted by molar-refractivity contribution is -0.118. The van der Waals surface area contributed by atoms with Gasteiger partial charge in [0.05, 0.1) is 12.3 Å². The van der Waals surface area contributed by atoms with Gasteiger partial charge in [0.25, 0.3) is 5.91 Å². The SMILES string of the molecule is CCOC(=O)c1sc(NC(=O)COc2ccccc2F)nc1C. The van der Waals surface area contributed by atoms with E-state index < -0.39 is 17.7 Å². The molecule has 0 aliphatic carbocycles. The molecule has 0 saturated carbocycles. The van der Waals surface area contributed by atoms with Gasteiger partial charge in [-0.05, 0) is 26.0 Å². The summed E-state index contributed by atoms with van der Waals surface area (Å²) in [6, 6.07) is 5.79. The number of amides is 1. The highest BCUT2D eigenvalue weighted by Gasteiger charge is 2.17. The third kappa shape index (κ3) is 4.49. The van der Waals surface area contributed by atoms with Crippen LogP contribution in [0.4, 0.5) is 9.52 Å². The summed E-state index contributed by atoms with van der Waals surface area (Å²) in [4.78, 5) is 27.9. The molecule has 23 heavy (non-hydrogen) atoms. The number of aromatic nitrogens is 1. The Morgan fingerprint density at radius 2 is 2.09 bits per heavy atom. The number of aryl methyl sites for hydroxylation is 1. The molecule has 1 aromatic heterocycles. The van der Waals surface area contributed by atoms with Crippen molar-refractivity contribution in [1.82, 2.24) is 4.98 Å². The van der Waals surface area contributed by atoms with Crippen LogP contribution in [0.1, 0.15) is 22.3 Å². The Morgan fingerprint density at radius 3 is 2.78 bits per heavy atom. The Hall–Kier alpha value is -2.48. The van der Waals surface area contributed by atoms with Crippen molar-refractivity contribution in [2.24, 2.45) is 0 Å². The van der Waals surface area contributed by atoms with Gasteiger partial charge in [0.1, 0.15) is 4.88 Å². The van der Waals surface area contributed by atoms with Gasteiger partial charge in [-0.25, -0.2) is 14.2 Å². The highest BCUT2D eigenvalue weighted by molar-refractivity contribution is 7.17. The molecular weight excluding hydrogens is 323 g/mol. The van der Waals surface area contributed by atoms with E-state index in [1.54, 1.807) is 19.9 Å². The van der Waals surface area contributed by atoms with Crippen LogP contribution in [0.25, 0.3) is 0 Å². The Bertz CT molecular complexity index is 717. The lowest BCUT2D eigenvalue weighted by Gasteiger charge is -2.06. The molecule has 122 valence electrons. The van der Waals surface area contributed by atoms with E-state index in [1.165, 1.54) is 18.2 Å². The van der Waals surface area contributed by atoms with Crippen LogP contribution < -0.4 is 10.1 Å². The number of carbonyl (C=O) groups excluding carboxylic acids is 2. The van der Waals surface area contributed by atoms with E-state index in [1.807, 2.05) is 0 Å². The van der Waals surface area contributed by atoms with Gasteiger partial charge in [0.2, 0.25) is 0 Å². The molecule has 8 heteroatoms. The summed E-state index contributed by atoms with van der Waals surface area (Å²) in [6.07, 6.45) is 0. The molecular formula is C15H15FN2O4S. The smallest absolute Gasteiger partial charge is 0.350 e. The van der Waals surface area contributed by atoms with Crippen LogP contribution in [-0.2, 0) is 9.53 Å². The quantitative estimate of drug-likeness (QED) is 0.820. The Balaban J connectivity index is 1.94. The third-order valence-electron chi connectivity index (χ3n) is 2.70. The van der Waals surface area contributed by atoms with Crippen molar-refractivity contribution in [3.63, 3.8) is 0 Å². The molecule has 1 aromatic carbocycles. The molecule has 0 saturated heterocycles. The maximum atomic E-state index is 13.4. The van der Waals surface area contributed by atoms with Crippen LogP contribution in [0.15, 0.2) is 24.3 Å². The molecule has 0 aliphatic heterocycles. The second kappa shape index (κ2) is 7.68. The number of anilines is 1. The molecule has 0 radical (unpaired) electrons. The average Bonchev–Trinajstić information content (AvgIpc) is 2.87. The number of carbonyl (C=O) groups is 2. The average molecular weight is 338 g/mol. The normalized spacial score (nSPS) is 10.2. The maximum Gasteiger partial charge on any atom is 0.350 e. The number of hydrogen-bond donors (Lipinski definition) is 1. The molecule has 0 spiro atoms. The van der Waals surface area contributed by atoms with Crippen LogP contribution in [0.3, 0.4) is 0 Å². The van der Waals surface area contributed by atoms with Crippen molar-refractivity contribution in [2.45, 2.75) is 13.8 Å². The van der Waals surface area contributed by atoms with E-state index in [4.69, 9.17) is 9.47 Å². The van der Waals surface area contributed by atoms with Gasteiger partial charge in [-0.3, -0.25) is 10.1 Å². The van der Waals surface area contributed by atoms with Crippen LogP contribution in [0.5, 0.6) is 5.75 Å². The van der Waals surface area contributed by atoms with E-state index >= 15 is 0 Å². The van der Waals surface area contributed by atoms with Gasteiger partial charge < -0.3 is 9.47 Å².